The maximum absolute atomic E-state index is 12.6. The number of amides is 5. The number of carboxylic acid groups (broad SMARTS) is 1. The van der Waals surface area contributed by atoms with E-state index in [1.807, 2.05) is 0 Å². The van der Waals surface area contributed by atoms with Crippen LogP contribution in [0.5, 0.6) is 0 Å². The van der Waals surface area contributed by atoms with E-state index in [1.54, 1.807) is 35.1 Å². The molecule has 0 saturated carbocycles. The number of aryl methyl sites for hydroxylation is 1. The van der Waals surface area contributed by atoms with Crippen LogP contribution in [0.3, 0.4) is 0 Å². The van der Waals surface area contributed by atoms with E-state index in [9.17, 15) is 49.2 Å². The highest BCUT2D eigenvalue weighted by Gasteiger charge is 2.55. The molecule has 23 nitrogen and oxygen atoms in total. The summed E-state index contributed by atoms with van der Waals surface area (Å²) in [5.74, 6) is -6.16. The van der Waals surface area contributed by atoms with E-state index in [0.717, 1.165) is 17.7 Å². The Bertz CT molecular complexity index is 1900. The first kappa shape index (κ1) is 54.7. The summed E-state index contributed by atoms with van der Waals surface area (Å²) >= 11 is 5.89. The van der Waals surface area contributed by atoms with Gasteiger partial charge in [-0.3, -0.25) is 33.6 Å². The van der Waals surface area contributed by atoms with Gasteiger partial charge in [-0.2, -0.15) is 0 Å². The summed E-state index contributed by atoms with van der Waals surface area (Å²) in [5, 5.41) is 59.5. The summed E-state index contributed by atoms with van der Waals surface area (Å²) in [7, 11) is 0. The van der Waals surface area contributed by atoms with Gasteiger partial charge in [-0.25, -0.2) is 4.79 Å². The Balaban J connectivity index is 1.02. The molecule has 7 N–H and O–H groups in total. The summed E-state index contributed by atoms with van der Waals surface area (Å²) in [5.41, 5.74) is 1.30. The Kier molecular flexibility index (Phi) is 23.7. The first-order valence-corrected chi connectivity index (χ1v) is 22.4. The van der Waals surface area contributed by atoms with E-state index in [4.69, 9.17) is 40.0 Å². The highest BCUT2D eigenvalue weighted by atomic mass is 35.5. The Labute approximate surface area is 392 Å². The van der Waals surface area contributed by atoms with Gasteiger partial charge in [0.05, 0.1) is 90.3 Å². The van der Waals surface area contributed by atoms with E-state index in [-0.39, 0.29) is 51.7 Å². The van der Waals surface area contributed by atoms with Crippen LogP contribution in [0.15, 0.2) is 42.6 Å². The average Bonchev–Trinajstić information content (AvgIpc) is 3.89. The largest absolute Gasteiger partial charge is 0.477 e. The molecule has 2 aliphatic heterocycles. The number of carboxylic acids is 1. The molecule has 6 atom stereocenters. The number of unbranched alkanes of at least 4 members (excludes halogenated alkanes) is 3. The number of ether oxygens (including phenoxy) is 6. The maximum atomic E-state index is 12.6. The molecule has 372 valence electrons. The number of carbonyl (C=O) groups is 6. The summed E-state index contributed by atoms with van der Waals surface area (Å²) in [6.07, 6.45) is -0.630. The number of aliphatic carboxylic acids is 1. The van der Waals surface area contributed by atoms with Crippen LogP contribution in [0.1, 0.15) is 56.7 Å². The van der Waals surface area contributed by atoms with Gasteiger partial charge in [0.1, 0.15) is 17.9 Å². The van der Waals surface area contributed by atoms with Crippen LogP contribution in [0.2, 0.25) is 5.02 Å². The number of imide groups is 1. The monoisotopic (exact) mass is 967 g/mol. The van der Waals surface area contributed by atoms with Crippen LogP contribution in [-0.2, 0) is 76.8 Å². The summed E-state index contributed by atoms with van der Waals surface area (Å²) in [4.78, 5) is 72.9. The fourth-order valence-electron chi connectivity index (χ4n) is 6.89. The Morgan fingerprint density at radius 3 is 2.16 bits per heavy atom. The van der Waals surface area contributed by atoms with E-state index in [1.165, 1.54) is 19.1 Å². The Morgan fingerprint density at radius 1 is 0.866 bits per heavy atom. The number of aliphatic hydroxyl groups excluding tert-OH is 3. The molecule has 1 aromatic carbocycles. The van der Waals surface area contributed by atoms with Crippen molar-refractivity contribution < 1.29 is 77.6 Å². The second kappa shape index (κ2) is 29.1. The van der Waals surface area contributed by atoms with Crippen molar-refractivity contribution >= 4 is 47.1 Å². The van der Waals surface area contributed by atoms with Crippen molar-refractivity contribution in [1.82, 2.24) is 35.8 Å². The highest BCUT2D eigenvalue weighted by Crippen LogP contribution is 2.34. The Hall–Kier alpha value is -4.95. The lowest BCUT2D eigenvalue weighted by Crippen LogP contribution is -2.68. The molecule has 5 amide bonds. The lowest BCUT2D eigenvalue weighted by molar-refractivity contribution is -0.310. The quantitative estimate of drug-likeness (QED) is 0.0334. The number of hydrogen-bond acceptors (Lipinski definition) is 17. The number of carbonyl (C=O) groups excluding carboxylic acids is 5. The minimum atomic E-state index is -2.40. The molecular formula is C43H62ClN7O16. The number of nitrogens with one attached hydrogen (secondary N) is 3. The van der Waals surface area contributed by atoms with Gasteiger partial charge >= 0.3 is 5.97 Å². The van der Waals surface area contributed by atoms with Crippen molar-refractivity contribution in [3.8, 4) is 0 Å². The number of hydrogen-bond donors (Lipinski definition) is 7. The molecule has 67 heavy (non-hydrogen) atoms. The van der Waals surface area contributed by atoms with Crippen molar-refractivity contribution in [2.45, 2.75) is 101 Å². The molecule has 1 saturated heterocycles. The van der Waals surface area contributed by atoms with Gasteiger partial charge in [0, 0.05) is 63.1 Å². The van der Waals surface area contributed by atoms with E-state index >= 15 is 0 Å². The lowest BCUT2D eigenvalue weighted by Gasteiger charge is -2.46. The molecule has 0 bridgehead atoms. The number of rotatable bonds is 33. The first-order valence-electron chi connectivity index (χ1n) is 22.0. The number of benzene rings is 1. The minimum Gasteiger partial charge on any atom is -0.477 e. The zero-order valence-corrected chi connectivity index (χ0v) is 38.2. The number of halogens is 1. The van der Waals surface area contributed by atoms with Crippen molar-refractivity contribution in [3.63, 3.8) is 0 Å². The first-order chi connectivity index (χ1) is 32.2. The predicted octanol–water partition coefficient (Wildman–Crippen LogP) is -0.978. The van der Waals surface area contributed by atoms with Gasteiger partial charge in [-0.1, -0.05) is 41.8 Å². The minimum absolute atomic E-state index is 0.0184. The summed E-state index contributed by atoms with van der Waals surface area (Å²) < 4.78 is 35.2. The van der Waals surface area contributed by atoms with Crippen LogP contribution in [0.25, 0.3) is 0 Å². The number of aliphatic hydroxyl groups is 3. The topological polar surface area (TPSA) is 309 Å². The van der Waals surface area contributed by atoms with Gasteiger partial charge in [-0.15, -0.1) is 5.10 Å². The molecule has 3 heterocycles. The molecular weight excluding hydrogens is 906 g/mol. The second-order valence-corrected chi connectivity index (χ2v) is 16.1. The zero-order chi connectivity index (χ0) is 48.6. The molecule has 2 aliphatic rings. The van der Waals surface area contributed by atoms with Gasteiger partial charge in [0.2, 0.25) is 17.7 Å². The number of nitrogens with zero attached hydrogens (tertiary/aromatic N) is 4. The predicted molar refractivity (Wildman–Crippen MR) is 234 cm³/mol. The zero-order valence-electron chi connectivity index (χ0n) is 37.4. The molecule has 0 spiro atoms. The lowest BCUT2D eigenvalue weighted by atomic mass is 9.88. The fourth-order valence-corrected chi connectivity index (χ4v) is 7.02. The van der Waals surface area contributed by atoms with Crippen LogP contribution in [0.4, 0.5) is 0 Å². The van der Waals surface area contributed by atoms with Crippen molar-refractivity contribution in [3.05, 3.63) is 58.9 Å². The maximum Gasteiger partial charge on any atom is 0.364 e. The SMILES string of the molecule is CC(=O)N[C@H]1[C@H]([C@H](O)[C@H](O)CNC(=O)Cc2ccc(Cl)cc2)O[C@@](OCCCCCCn2cc(COCCOCCOCCOCCNC(=O)CCN3C(=O)C=CC3=O)nn2)(C(=O)O)C[C@@H]1O. The summed E-state index contributed by atoms with van der Waals surface area (Å²) in [6.45, 7) is 4.18. The molecule has 4 rings (SSSR count). The van der Waals surface area contributed by atoms with Gasteiger partial charge in [0.25, 0.3) is 17.6 Å². The normalized spacial score (nSPS) is 20.2. The van der Waals surface area contributed by atoms with Crippen LogP contribution in [0, 0.1) is 0 Å². The molecule has 1 aromatic heterocycles. The molecule has 1 fully saturated rings. The van der Waals surface area contributed by atoms with Crippen LogP contribution in [-0.4, -0.2) is 185 Å². The van der Waals surface area contributed by atoms with Crippen molar-refractivity contribution in [2.75, 3.05) is 72.5 Å². The second-order valence-electron chi connectivity index (χ2n) is 15.7. The van der Waals surface area contributed by atoms with Crippen LogP contribution >= 0.6 is 11.6 Å². The van der Waals surface area contributed by atoms with E-state index in [2.05, 4.69) is 26.3 Å². The van der Waals surface area contributed by atoms with Gasteiger partial charge < -0.3 is 64.8 Å². The molecule has 0 radical (unpaired) electrons. The van der Waals surface area contributed by atoms with E-state index in [0.29, 0.717) is 75.3 Å². The molecule has 0 aliphatic carbocycles. The van der Waals surface area contributed by atoms with Gasteiger partial charge in [0.15, 0.2) is 0 Å². The smallest absolute Gasteiger partial charge is 0.364 e. The number of aromatic nitrogens is 3. The van der Waals surface area contributed by atoms with Crippen LogP contribution < -0.4 is 16.0 Å². The Morgan fingerprint density at radius 2 is 1.51 bits per heavy atom. The van der Waals surface area contributed by atoms with Crippen molar-refractivity contribution in [2.24, 2.45) is 0 Å². The highest BCUT2D eigenvalue weighted by molar-refractivity contribution is 6.30. The standard InChI is InChI=1S/C43H62ClN7O16/c1-29(52)47-39-33(53)25-43(42(60)61,67-41(39)40(59)34(54)26-46-36(56)24-30-6-8-31(44)9-7-30)66-16-5-3-2-4-14-50-27-32(48-49-50)28-65-23-22-64-21-20-63-19-18-62-17-13-45-35(55)12-15-51-37(57)10-11-38(51)58/h6-11,27,33-34,39-41,53-54,59H,2-5,12-26,28H2,1H3,(H,45,55)(H,46,56)(H,47,52)(H,60,61)/t33-,34+,39+,40+,41+,43+/m0/s1. The third-order valence-corrected chi connectivity index (χ3v) is 10.6. The third-order valence-electron chi connectivity index (χ3n) is 10.4. The third kappa shape index (κ3) is 19.3. The summed E-state index contributed by atoms with van der Waals surface area (Å²) in [6, 6.07) is 5.27. The molecule has 0 unspecified atom stereocenters. The van der Waals surface area contributed by atoms with E-state index < -0.39 is 78.8 Å². The fraction of sp³-hybridized carbons (Fsp3) is 0.628. The molecule has 24 heteroatoms. The van der Waals surface area contributed by atoms with Crippen molar-refractivity contribution in [1.29, 1.82) is 0 Å². The van der Waals surface area contributed by atoms with Gasteiger partial charge in [-0.05, 0) is 30.5 Å². The molecule has 2 aromatic rings. The average molecular weight is 968 g/mol.